The molecule has 2 aliphatic heterocycles. The van der Waals surface area contributed by atoms with Gasteiger partial charge < -0.3 is 9.47 Å². The molecular weight excluding hydrogens is 462 g/mol. The van der Waals surface area contributed by atoms with E-state index in [9.17, 15) is 9.59 Å². The van der Waals surface area contributed by atoms with Crippen LogP contribution in [0, 0.1) is 0 Å². The molecule has 0 N–H and O–H groups in total. The minimum Gasteiger partial charge on any atom is -0.401 e. The second-order valence-electron chi connectivity index (χ2n) is 8.67. The SMILES string of the molecule is CN1CCC(c2ccc3sccc3c2)c2ccc(-c3cncnc3)cc2C12OC(=O)C=CC(=O)O2. The molecule has 2 aliphatic rings. The van der Waals surface area contributed by atoms with E-state index in [2.05, 4.69) is 39.6 Å². The van der Waals surface area contributed by atoms with Gasteiger partial charge in [-0.15, -0.1) is 11.3 Å². The van der Waals surface area contributed by atoms with Crippen LogP contribution in [0.1, 0.15) is 29.0 Å². The highest BCUT2D eigenvalue weighted by Crippen LogP contribution is 2.45. The van der Waals surface area contributed by atoms with Gasteiger partial charge in [-0.1, -0.05) is 18.2 Å². The number of hydrogen-bond acceptors (Lipinski definition) is 8. The van der Waals surface area contributed by atoms with E-state index in [1.54, 1.807) is 35.7 Å². The Balaban J connectivity index is 1.58. The highest BCUT2D eigenvalue weighted by Gasteiger charge is 2.50. The van der Waals surface area contributed by atoms with Gasteiger partial charge >= 0.3 is 17.8 Å². The van der Waals surface area contributed by atoms with Crippen molar-refractivity contribution in [2.45, 2.75) is 18.2 Å². The Labute approximate surface area is 205 Å². The van der Waals surface area contributed by atoms with Gasteiger partial charge in [0.25, 0.3) is 0 Å². The van der Waals surface area contributed by atoms with Crippen LogP contribution in [0.2, 0.25) is 0 Å². The van der Waals surface area contributed by atoms with Crippen LogP contribution in [0.15, 0.2) is 78.7 Å². The summed E-state index contributed by atoms with van der Waals surface area (Å²) in [6, 6.07) is 14.6. The lowest BCUT2D eigenvalue weighted by molar-refractivity contribution is -0.285. The topological polar surface area (TPSA) is 81.6 Å². The maximum absolute atomic E-state index is 12.6. The number of aromatic nitrogens is 2. The maximum atomic E-state index is 12.6. The summed E-state index contributed by atoms with van der Waals surface area (Å²) < 4.78 is 13.0. The third-order valence-corrected chi connectivity index (χ3v) is 7.53. The number of esters is 2. The standard InChI is InChI=1S/C27H21N3O4S/c1-30-10-8-21(18-3-5-24-19(12-18)9-11-35-24)22-4-2-17(20-14-28-16-29-15-20)13-23(22)27(30)33-25(31)6-7-26(32)34-27/h2-7,9,11-16,21H,8,10H2,1H3. The van der Waals surface area contributed by atoms with Gasteiger partial charge in [0.05, 0.1) is 5.56 Å². The average Bonchev–Trinajstić information content (AvgIpc) is 3.25. The molecule has 2 aromatic heterocycles. The molecule has 0 saturated heterocycles. The molecule has 0 saturated carbocycles. The van der Waals surface area contributed by atoms with E-state index in [1.807, 2.05) is 18.2 Å². The van der Waals surface area contributed by atoms with Crippen LogP contribution in [-0.2, 0) is 25.0 Å². The summed E-state index contributed by atoms with van der Waals surface area (Å²) in [6.07, 6.45) is 7.86. The van der Waals surface area contributed by atoms with Crippen LogP contribution in [-0.4, -0.2) is 40.4 Å². The van der Waals surface area contributed by atoms with Crippen LogP contribution < -0.4 is 0 Å². The highest BCUT2D eigenvalue weighted by molar-refractivity contribution is 7.17. The zero-order valence-corrected chi connectivity index (χ0v) is 19.7. The van der Waals surface area contributed by atoms with Crippen molar-refractivity contribution in [1.82, 2.24) is 14.9 Å². The van der Waals surface area contributed by atoms with Gasteiger partial charge in [0.1, 0.15) is 6.33 Å². The lowest BCUT2D eigenvalue weighted by Crippen LogP contribution is -2.49. The van der Waals surface area contributed by atoms with Crippen molar-refractivity contribution in [2.24, 2.45) is 0 Å². The number of fused-ring (bicyclic) bond motifs is 3. The van der Waals surface area contributed by atoms with E-state index in [0.717, 1.165) is 40.8 Å². The van der Waals surface area contributed by atoms with Gasteiger partial charge in [0.15, 0.2) is 0 Å². The van der Waals surface area contributed by atoms with Gasteiger partial charge in [0.2, 0.25) is 0 Å². The normalized spacial score (nSPS) is 19.6. The van der Waals surface area contributed by atoms with E-state index in [1.165, 1.54) is 16.4 Å². The second kappa shape index (κ2) is 8.41. The minimum absolute atomic E-state index is 0.00538. The molecule has 6 rings (SSSR count). The van der Waals surface area contributed by atoms with Crippen LogP contribution in [0.25, 0.3) is 21.2 Å². The number of thiophene rings is 1. The van der Waals surface area contributed by atoms with Crippen molar-refractivity contribution in [3.05, 3.63) is 95.4 Å². The summed E-state index contributed by atoms with van der Waals surface area (Å²) in [5.41, 5.74) is 4.34. The van der Waals surface area contributed by atoms with Crippen molar-refractivity contribution in [3.8, 4) is 11.1 Å². The van der Waals surface area contributed by atoms with Crippen molar-refractivity contribution < 1.29 is 19.1 Å². The maximum Gasteiger partial charge on any atom is 0.349 e. The first-order chi connectivity index (χ1) is 17.0. The molecule has 4 aromatic rings. The molecule has 2 aromatic carbocycles. The minimum atomic E-state index is -1.69. The quantitative estimate of drug-likeness (QED) is 0.386. The zero-order valence-electron chi connectivity index (χ0n) is 18.9. The Kier molecular flexibility index (Phi) is 5.20. The molecular formula is C27H21N3O4S. The molecule has 7 nitrogen and oxygen atoms in total. The van der Waals surface area contributed by atoms with Gasteiger partial charge in [-0.05, 0) is 65.2 Å². The predicted molar refractivity (Wildman–Crippen MR) is 131 cm³/mol. The van der Waals surface area contributed by atoms with Crippen LogP contribution >= 0.6 is 11.3 Å². The molecule has 8 heteroatoms. The third-order valence-electron chi connectivity index (χ3n) is 6.63. The molecule has 1 atom stereocenters. The molecule has 0 amide bonds. The fourth-order valence-electron chi connectivity index (χ4n) is 4.90. The third kappa shape index (κ3) is 3.71. The number of carbonyl (C=O) groups excluding carboxylic acids is 2. The van der Waals surface area contributed by atoms with Gasteiger partial charge in [-0.2, -0.15) is 0 Å². The van der Waals surface area contributed by atoms with E-state index in [-0.39, 0.29) is 5.92 Å². The Morgan fingerprint density at radius 1 is 0.971 bits per heavy atom. The summed E-state index contributed by atoms with van der Waals surface area (Å²) in [7, 11) is 1.80. The molecule has 1 unspecified atom stereocenters. The molecule has 0 fully saturated rings. The summed E-state index contributed by atoms with van der Waals surface area (Å²) in [6.45, 7) is 0.533. The second-order valence-corrected chi connectivity index (χ2v) is 9.61. The van der Waals surface area contributed by atoms with Crippen molar-refractivity contribution >= 4 is 33.4 Å². The van der Waals surface area contributed by atoms with E-state index in [0.29, 0.717) is 12.1 Å². The first-order valence-corrected chi connectivity index (χ1v) is 12.1. The van der Waals surface area contributed by atoms with Crippen molar-refractivity contribution in [2.75, 3.05) is 13.6 Å². The lowest BCUT2D eigenvalue weighted by atomic mass is 9.84. The number of rotatable bonds is 2. The first kappa shape index (κ1) is 21.6. The fraction of sp³-hybridized carbons (Fsp3) is 0.185. The van der Waals surface area contributed by atoms with E-state index < -0.39 is 17.8 Å². The molecule has 1 spiro atoms. The predicted octanol–water partition coefficient (Wildman–Crippen LogP) is 4.59. The summed E-state index contributed by atoms with van der Waals surface area (Å²) in [5.74, 6) is -2.97. The van der Waals surface area contributed by atoms with Gasteiger partial charge in [0, 0.05) is 47.3 Å². The summed E-state index contributed by atoms with van der Waals surface area (Å²) in [5, 5.41) is 3.28. The van der Waals surface area contributed by atoms with Crippen LogP contribution in [0.4, 0.5) is 0 Å². The first-order valence-electron chi connectivity index (χ1n) is 11.3. The monoisotopic (exact) mass is 483 g/mol. The number of carbonyl (C=O) groups is 2. The summed E-state index contributed by atoms with van der Waals surface area (Å²) in [4.78, 5) is 35.3. The number of nitrogens with zero attached hydrogens (tertiary/aromatic N) is 3. The fourth-order valence-corrected chi connectivity index (χ4v) is 5.68. The molecule has 0 aliphatic carbocycles. The molecule has 4 heterocycles. The number of hydrogen-bond donors (Lipinski definition) is 0. The molecule has 0 radical (unpaired) electrons. The van der Waals surface area contributed by atoms with E-state index >= 15 is 0 Å². The highest BCUT2D eigenvalue weighted by atomic mass is 32.1. The Morgan fingerprint density at radius 3 is 2.51 bits per heavy atom. The average molecular weight is 484 g/mol. The molecule has 0 bridgehead atoms. The number of benzene rings is 2. The van der Waals surface area contributed by atoms with Crippen molar-refractivity contribution in [3.63, 3.8) is 0 Å². The Hall–Kier alpha value is -3.88. The lowest BCUT2D eigenvalue weighted by Gasteiger charge is -2.38. The number of ether oxygens (including phenoxy) is 2. The Bertz CT molecular complexity index is 1460. The largest absolute Gasteiger partial charge is 0.401 e. The molecule has 174 valence electrons. The molecule has 35 heavy (non-hydrogen) atoms. The van der Waals surface area contributed by atoms with Gasteiger partial charge in [-0.3, -0.25) is 0 Å². The van der Waals surface area contributed by atoms with Gasteiger partial charge in [-0.25, -0.2) is 24.5 Å². The smallest absolute Gasteiger partial charge is 0.349 e. The van der Waals surface area contributed by atoms with Crippen LogP contribution in [0.3, 0.4) is 0 Å². The zero-order chi connectivity index (χ0) is 24.0. The van der Waals surface area contributed by atoms with E-state index in [4.69, 9.17) is 9.47 Å². The van der Waals surface area contributed by atoms with Crippen LogP contribution in [0.5, 0.6) is 0 Å². The van der Waals surface area contributed by atoms with Crippen molar-refractivity contribution in [1.29, 1.82) is 0 Å². The summed E-state index contributed by atoms with van der Waals surface area (Å²) >= 11 is 1.71. The Morgan fingerprint density at radius 2 is 1.74 bits per heavy atom.